The molecule has 1 heterocycles. The summed E-state index contributed by atoms with van der Waals surface area (Å²) >= 11 is 0. The van der Waals surface area contributed by atoms with Crippen molar-refractivity contribution < 1.29 is 9.53 Å². The molecule has 32 heavy (non-hydrogen) atoms. The van der Waals surface area contributed by atoms with Crippen LogP contribution in [0.15, 0.2) is 48.5 Å². The minimum atomic E-state index is 0.248. The Morgan fingerprint density at radius 2 is 1.84 bits per heavy atom. The molecule has 1 aliphatic rings. The van der Waals surface area contributed by atoms with E-state index < -0.39 is 0 Å². The van der Waals surface area contributed by atoms with Gasteiger partial charge in [-0.1, -0.05) is 36.2 Å². The molecule has 1 aliphatic carbocycles. The molecule has 3 aromatic rings. The molecule has 1 fully saturated rings. The second-order valence-electron chi connectivity index (χ2n) is 8.91. The van der Waals surface area contributed by atoms with E-state index in [0.29, 0.717) is 5.92 Å². The molecule has 5 heteroatoms. The van der Waals surface area contributed by atoms with Gasteiger partial charge in [-0.05, 0) is 69.7 Å². The fraction of sp³-hybridized carbons (Fsp3) is 0.481. The van der Waals surface area contributed by atoms with Crippen molar-refractivity contribution in [1.29, 1.82) is 0 Å². The van der Waals surface area contributed by atoms with Crippen LogP contribution in [0, 0.1) is 12.8 Å². The maximum absolute atomic E-state index is 11.7. The zero-order valence-corrected chi connectivity index (χ0v) is 19.2. The molecule has 4 rings (SSSR count). The third kappa shape index (κ3) is 6.35. The number of rotatable bonds is 13. The molecule has 0 aliphatic heterocycles. The van der Waals surface area contributed by atoms with Crippen molar-refractivity contribution in [3.63, 3.8) is 0 Å². The van der Waals surface area contributed by atoms with Gasteiger partial charge in [0.2, 0.25) is 5.91 Å². The highest BCUT2D eigenvalue weighted by molar-refractivity contribution is 5.80. The number of hydrogen-bond acceptors (Lipinski definition) is 3. The van der Waals surface area contributed by atoms with Gasteiger partial charge in [0.05, 0.1) is 17.6 Å². The van der Waals surface area contributed by atoms with Crippen LogP contribution in [-0.2, 0) is 17.8 Å². The smallest absolute Gasteiger partial charge is 0.223 e. The maximum atomic E-state index is 11.7. The molecule has 0 saturated heterocycles. The first kappa shape index (κ1) is 22.4. The van der Waals surface area contributed by atoms with Gasteiger partial charge in [0.15, 0.2) is 0 Å². The number of hydrogen-bond donors (Lipinski definition) is 1. The average Bonchev–Trinajstić information content (AvgIpc) is 3.60. The normalized spacial score (nSPS) is 13.4. The van der Waals surface area contributed by atoms with Crippen LogP contribution >= 0.6 is 0 Å². The summed E-state index contributed by atoms with van der Waals surface area (Å²) in [6, 6.07) is 16.7. The highest BCUT2D eigenvalue weighted by Gasteiger charge is 2.28. The van der Waals surface area contributed by atoms with Crippen molar-refractivity contribution in [3.05, 3.63) is 59.9 Å². The Morgan fingerprint density at radius 3 is 2.66 bits per heavy atom. The van der Waals surface area contributed by atoms with Crippen LogP contribution in [0.2, 0.25) is 0 Å². The molecule has 0 spiro atoms. The summed E-state index contributed by atoms with van der Waals surface area (Å²) in [6.45, 7) is 4.58. The van der Waals surface area contributed by atoms with E-state index in [1.807, 2.05) is 12.1 Å². The van der Waals surface area contributed by atoms with Crippen LogP contribution in [-0.4, -0.2) is 28.6 Å². The lowest BCUT2D eigenvalue weighted by molar-refractivity contribution is -0.122. The first-order valence-corrected chi connectivity index (χ1v) is 12.1. The van der Waals surface area contributed by atoms with Gasteiger partial charge in [0, 0.05) is 25.4 Å². The zero-order chi connectivity index (χ0) is 22.2. The van der Waals surface area contributed by atoms with Crippen LogP contribution < -0.4 is 10.1 Å². The number of aromatic nitrogens is 2. The second kappa shape index (κ2) is 11.2. The fourth-order valence-corrected chi connectivity index (χ4v) is 4.05. The van der Waals surface area contributed by atoms with E-state index in [4.69, 9.17) is 9.72 Å². The standard InChI is InChI=1S/C27H35N3O2/c1-21-12-16-23(17-13-21)32-20-8-7-19-30-25-10-5-4-9-24(25)29-26(30)11-3-2-6-18-28-27(31)22-14-15-22/h4-5,9-10,12-13,16-17,22H,2-3,6-8,11,14-15,18-20H2,1H3,(H,28,31). The summed E-state index contributed by atoms with van der Waals surface area (Å²) < 4.78 is 8.27. The molecular formula is C27H35N3O2. The maximum Gasteiger partial charge on any atom is 0.223 e. The van der Waals surface area contributed by atoms with Crippen molar-refractivity contribution in [2.75, 3.05) is 13.2 Å². The summed E-state index contributed by atoms with van der Waals surface area (Å²) in [6.07, 6.45) is 8.44. The number of ether oxygens (including phenoxy) is 1. The largest absolute Gasteiger partial charge is 0.494 e. The molecule has 0 unspecified atom stereocenters. The Kier molecular flexibility index (Phi) is 7.81. The molecular weight excluding hydrogens is 398 g/mol. The molecule has 5 nitrogen and oxygen atoms in total. The summed E-state index contributed by atoms with van der Waals surface area (Å²) in [7, 11) is 0. The third-order valence-electron chi connectivity index (χ3n) is 6.12. The minimum Gasteiger partial charge on any atom is -0.494 e. The molecule has 1 amide bonds. The van der Waals surface area contributed by atoms with E-state index in [1.54, 1.807) is 0 Å². The lowest BCUT2D eigenvalue weighted by Crippen LogP contribution is -2.25. The molecule has 0 bridgehead atoms. The number of nitrogens with one attached hydrogen (secondary N) is 1. The molecule has 0 radical (unpaired) electrons. The highest BCUT2D eigenvalue weighted by Crippen LogP contribution is 2.28. The van der Waals surface area contributed by atoms with Gasteiger partial charge in [0.1, 0.15) is 11.6 Å². The van der Waals surface area contributed by atoms with Crippen molar-refractivity contribution in [2.24, 2.45) is 5.92 Å². The average molecular weight is 434 g/mol. The Bertz CT molecular complexity index is 1010. The number of amides is 1. The summed E-state index contributed by atoms with van der Waals surface area (Å²) in [5.74, 6) is 2.67. The van der Waals surface area contributed by atoms with Crippen molar-refractivity contribution in [2.45, 2.75) is 64.8 Å². The van der Waals surface area contributed by atoms with Gasteiger partial charge >= 0.3 is 0 Å². The Morgan fingerprint density at radius 1 is 1.03 bits per heavy atom. The van der Waals surface area contributed by atoms with E-state index in [9.17, 15) is 4.79 Å². The van der Waals surface area contributed by atoms with Crippen LogP contribution in [0.3, 0.4) is 0 Å². The molecule has 2 aromatic carbocycles. The molecule has 1 N–H and O–H groups in total. The number of imidazole rings is 1. The number of carbonyl (C=O) groups excluding carboxylic acids is 1. The summed E-state index contributed by atoms with van der Waals surface area (Å²) in [5.41, 5.74) is 3.55. The van der Waals surface area contributed by atoms with Gasteiger partial charge in [-0.2, -0.15) is 0 Å². The number of carbonyl (C=O) groups is 1. The molecule has 1 aromatic heterocycles. The first-order valence-electron chi connectivity index (χ1n) is 12.1. The van der Waals surface area contributed by atoms with Crippen molar-refractivity contribution in [1.82, 2.24) is 14.9 Å². The predicted octanol–water partition coefficient (Wildman–Crippen LogP) is 5.44. The monoisotopic (exact) mass is 433 g/mol. The minimum absolute atomic E-state index is 0.248. The Hall–Kier alpha value is -2.82. The number of para-hydroxylation sites is 2. The molecule has 0 atom stereocenters. The number of nitrogens with zero attached hydrogens (tertiary/aromatic N) is 2. The van der Waals surface area contributed by atoms with Crippen LogP contribution in [0.4, 0.5) is 0 Å². The van der Waals surface area contributed by atoms with E-state index in [-0.39, 0.29) is 5.91 Å². The number of unbranched alkanes of at least 4 members (excludes halogenated alkanes) is 3. The number of aryl methyl sites for hydroxylation is 3. The van der Waals surface area contributed by atoms with E-state index in [1.165, 1.54) is 16.9 Å². The van der Waals surface area contributed by atoms with Crippen LogP contribution in [0.25, 0.3) is 11.0 Å². The van der Waals surface area contributed by atoms with Gasteiger partial charge in [-0.3, -0.25) is 4.79 Å². The van der Waals surface area contributed by atoms with E-state index in [2.05, 4.69) is 53.2 Å². The topological polar surface area (TPSA) is 56.1 Å². The lowest BCUT2D eigenvalue weighted by Gasteiger charge is -2.10. The highest BCUT2D eigenvalue weighted by atomic mass is 16.5. The number of benzene rings is 2. The van der Waals surface area contributed by atoms with E-state index >= 15 is 0 Å². The van der Waals surface area contributed by atoms with Crippen molar-refractivity contribution >= 4 is 16.9 Å². The lowest BCUT2D eigenvalue weighted by atomic mass is 10.2. The van der Waals surface area contributed by atoms with Gasteiger partial charge < -0.3 is 14.6 Å². The fourth-order valence-electron chi connectivity index (χ4n) is 4.05. The van der Waals surface area contributed by atoms with Gasteiger partial charge in [0.25, 0.3) is 0 Å². The second-order valence-corrected chi connectivity index (χ2v) is 8.91. The molecule has 170 valence electrons. The van der Waals surface area contributed by atoms with Crippen molar-refractivity contribution in [3.8, 4) is 5.75 Å². The zero-order valence-electron chi connectivity index (χ0n) is 19.2. The Balaban J connectivity index is 1.22. The van der Waals surface area contributed by atoms with E-state index in [0.717, 1.165) is 82.3 Å². The van der Waals surface area contributed by atoms with Gasteiger partial charge in [-0.15, -0.1) is 0 Å². The van der Waals surface area contributed by atoms with Crippen LogP contribution in [0.5, 0.6) is 5.75 Å². The first-order chi connectivity index (χ1) is 15.7. The number of fused-ring (bicyclic) bond motifs is 1. The third-order valence-corrected chi connectivity index (χ3v) is 6.12. The van der Waals surface area contributed by atoms with Gasteiger partial charge in [-0.25, -0.2) is 4.98 Å². The summed E-state index contributed by atoms with van der Waals surface area (Å²) in [5, 5.41) is 3.06. The van der Waals surface area contributed by atoms with Crippen LogP contribution in [0.1, 0.15) is 56.3 Å². The SMILES string of the molecule is Cc1ccc(OCCCCn2c(CCCCCNC(=O)C3CC3)nc3ccccc32)cc1. The molecule has 1 saturated carbocycles. The quantitative estimate of drug-likeness (QED) is 0.365. The Labute approximate surface area is 191 Å². The summed E-state index contributed by atoms with van der Waals surface area (Å²) in [4.78, 5) is 16.6. The predicted molar refractivity (Wildman–Crippen MR) is 129 cm³/mol.